The highest BCUT2D eigenvalue weighted by atomic mass is 16.2. The van der Waals surface area contributed by atoms with E-state index < -0.39 is 5.92 Å². The molecule has 2 unspecified atom stereocenters. The molecule has 1 aliphatic carbocycles. The predicted molar refractivity (Wildman–Crippen MR) is 95.1 cm³/mol. The number of rotatable bonds is 9. The second-order valence-corrected chi connectivity index (χ2v) is 6.97. The molecule has 0 N–H and O–H groups in total. The van der Waals surface area contributed by atoms with Crippen LogP contribution in [0.5, 0.6) is 0 Å². The minimum absolute atomic E-state index is 0.0473. The van der Waals surface area contributed by atoms with Gasteiger partial charge in [0.1, 0.15) is 0 Å². The van der Waals surface area contributed by atoms with Gasteiger partial charge < -0.3 is 0 Å². The number of fused-ring (bicyclic) bond motifs is 1. The van der Waals surface area contributed by atoms with Gasteiger partial charge in [-0.3, -0.25) is 9.59 Å². The summed E-state index contributed by atoms with van der Waals surface area (Å²) in [6.45, 7) is 6.36. The van der Waals surface area contributed by atoms with Crippen molar-refractivity contribution >= 4 is 11.6 Å². The average Bonchev–Trinajstić information content (AvgIpc) is 2.81. The average molecular weight is 314 g/mol. The molecular formula is C21H30O2. The predicted octanol–water partition coefficient (Wildman–Crippen LogP) is 5.63. The van der Waals surface area contributed by atoms with Gasteiger partial charge in [0.25, 0.3) is 0 Å². The Bertz CT molecular complexity index is 559. The summed E-state index contributed by atoms with van der Waals surface area (Å²) in [4.78, 5) is 25.3. The molecule has 2 rings (SSSR count). The fourth-order valence-corrected chi connectivity index (χ4v) is 3.61. The van der Waals surface area contributed by atoms with E-state index in [1.165, 1.54) is 32.1 Å². The van der Waals surface area contributed by atoms with Crippen LogP contribution in [0.25, 0.3) is 0 Å². The Hall–Kier alpha value is -1.44. The Morgan fingerprint density at radius 3 is 2.26 bits per heavy atom. The Labute approximate surface area is 140 Å². The van der Waals surface area contributed by atoms with Gasteiger partial charge in [0.2, 0.25) is 0 Å². The molecule has 0 aliphatic heterocycles. The summed E-state index contributed by atoms with van der Waals surface area (Å²) in [5.74, 6) is -0.184. The summed E-state index contributed by atoms with van der Waals surface area (Å²) in [6.07, 6.45) is 9.36. The molecule has 1 aromatic rings. The molecule has 0 bridgehead atoms. The van der Waals surface area contributed by atoms with Crippen LogP contribution >= 0.6 is 0 Å². The fourth-order valence-electron chi connectivity index (χ4n) is 3.61. The summed E-state index contributed by atoms with van der Waals surface area (Å²) >= 11 is 0. The quantitative estimate of drug-likeness (QED) is 0.437. The van der Waals surface area contributed by atoms with E-state index in [4.69, 9.17) is 0 Å². The van der Waals surface area contributed by atoms with Crippen molar-refractivity contribution in [2.75, 3.05) is 0 Å². The van der Waals surface area contributed by atoms with Crippen molar-refractivity contribution in [3.63, 3.8) is 0 Å². The molecule has 2 nitrogen and oxygen atoms in total. The lowest BCUT2D eigenvalue weighted by Gasteiger charge is -2.16. The van der Waals surface area contributed by atoms with Gasteiger partial charge in [-0.15, -0.1) is 0 Å². The zero-order valence-electron chi connectivity index (χ0n) is 14.9. The van der Waals surface area contributed by atoms with E-state index in [0.29, 0.717) is 11.1 Å². The molecule has 0 fully saturated rings. The van der Waals surface area contributed by atoms with E-state index in [-0.39, 0.29) is 17.5 Å². The summed E-state index contributed by atoms with van der Waals surface area (Å²) < 4.78 is 0. The highest BCUT2D eigenvalue weighted by Crippen LogP contribution is 2.34. The fraction of sp³-hybridized carbons (Fsp3) is 0.619. The van der Waals surface area contributed by atoms with Crippen LogP contribution in [-0.2, 0) is 6.42 Å². The maximum atomic E-state index is 12.7. The molecule has 0 radical (unpaired) electrons. The van der Waals surface area contributed by atoms with E-state index in [9.17, 15) is 9.59 Å². The number of hydrogen-bond donors (Lipinski definition) is 0. The van der Waals surface area contributed by atoms with Gasteiger partial charge in [0.15, 0.2) is 11.6 Å². The van der Waals surface area contributed by atoms with Crippen LogP contribution in [0.3, 0.4) is 0 Å². The summed E-state index contributed by atoms with van der Waals surface area (Å²) in [6, 6.07) is 5.75. The molecule has 0 amide bonds. The monoisotopic (exact) mass is 314 g/mol. The van der Waals surface area contributed by atoms with Crippen LogP contribution in [0.15, 0.2) is 18.2 Å². The smallest absolute Gasteiger partial charge is 0.174 e. The standard InChI is InChI=1S/C21H30O2/c1-4-6-7-8-9-10-11-15(3)19-20(22)17-13-12-16(5-2)14-18(17)21(19)23/h12-15,19H,4-11H2,1-3H3. The van der Waals surface area contributed by atoms with Crippen LogP contribution in [0.1, 0.15) is 92.0 Å². The number of carbonyl (C=O) groups is 2. The van der Waals surface area contributed by atoms with Gasteiger partial charge in [-0.2, -0.15) is 0 Å². The number of Topliss-reactive ketones (excluding diaryl/α,β-unsaturated/α-hetero) is 2. The summed E-state index contributed by atoms with van der Waals surface area (Å²) in [7, 11) is 0. The molecule has 0 spiro atoms. The van der Waals surface area contributed by atoms with Gasteiger partial charge in [-0.1, -0.05) is 71.4 Å². The highest BCUT2D eigenvalue weighted by molar-refractivity contribution is 6.26. The van der Waals surface area contributed by atoms with Crippen LogP contribution < -0.4 is 0 Å². The molecule has 0 saturated heterocycles. The lowest BCUT2D eigenvalue weighted by molar-refractivity contribution is 0.0785. The first-order valence-electron chi connectivity index (χ1n) is 9.31. The lowest BCUT2D eigenvalue weighted by atomic mass is 9.85. The maximum absolute atomic E-state index is 12.7. The van der Waals surface area contributed by atoms with Crippen molar-refractivity contribution in [2.45, 2.75) is 72.1 Å². The first-order chi connectivity index (χ1) is 11.1. The minimum Gasteiger partial charge on any atom is -0.293 e. The Morgan fingerprint density at radius 1 is 0.913 bits per heavy atom. The first-order valence-corrected chi connectivity index (χ1v) is 9.31. The number of hydrogen-bond acceptors (Lipinski definition) is 2. The molecule has 0 aromatic heterocycles. The van der Waals surface area contributed by atoms with Crippen LogP contribution in [0.4, 0.5) is 0 Å². The Kier molecular flexibility index (Phi) is 6.56. The van der Waals surface area contributed by atoms with Crippen LogP contribution in [0, 0.1) is 11.8 Å². The number of ketones is 2. The molecule has 126 valence electrons. The highest BCUT2D eigenvalue weighted by Gasteiger charge is 2.41. The van der Waals surface area contributed by atoms with Gasteiger partial charge in [-0.05, 0) is 30.4 Å². The van der Waals surface area contributed by atoms with Gasteiger partial charge in [0.05, 0.1) is 5.92 Å². The second-order valence-electron chi connectivity index (χ2n) is 6.97. The van der Waals surface area contributed by atoms with E-state index in [1.807, 2.05) is 18.2 Å². The van der Waals surface area contributed by atoms with Crippen LogP contribution in [0.2, 0.25) is 0 Å². The summed E-state index contributed by atoms with van der Waals surface area (Å²) in [5.41, 5.74) is 2.44. The topological polar surface area (TPSA) is 34.1 Å². The van der Waals surface area contributed by atoms with Crippen molar-refractivity contribution in [3.8, 4) is 0 Å². The van der Waals surface area contributed by atoms with Crippen molar-refractivity contribution < 1.29 is 9.59 Å². The molecule has 23 heavy (non-hydrogen) atoms. The first kappa shape index (κ1) is 17.9. The van der Waals surface area contributed by atoms with Crippen molar-refractivity contribution in [2.24, 2.45) is 11.8 Å². The molecule has 0 saturated carbocycles. The third-order valence-electron chi connectivity index (χ3n) is 5.17. The lowest BCUT2D eigenvalue weighted by Crippen LogP contribution is -2.23. The number of benzene rings is 1. The van der Waals surface area contributed by atoms with Crippen molar-refractivity contribution in [1.82, 2.24) is 0 Å². The van der Waals surface area contributed by atoms with Crippen molar-refractivity contribution in [3.05, 3.63) is 34.9 Å². The van der Waals surface area contributed by atoms with E-state index in [0.717, 1.165) is 24.8 Å². The zero-order valence-corrected chi connectivity index (χ0v) is 14.9. The molecule has 1 aliphatic rings. The normalized spacial score (nSPS) is 18.3. The number of carbonyl (C=O) groups excluding carboxylic acids is 2. The molecule has 2 heteroatoms. The number of aryl methyl sites for hydroxylation is 1. The van der Waals surface area contributed by atoms with E-state index >= 15 is 0 Å². The van der Waals surface area contributed by atoms with Gasteiger partial charge in [0, 0.05) is 11.1 Å². The minimum atomic E-state index is -0.437. The van der Waals surface area contributed by atoms with Gasteiger partial charge >= 0.3 is 0 Å². The zero-order chi connectivity index (χ0) is 16.8. The Balaban J connectivity index is 1.93. The maximum Gasteiger partial charge on any atom is 0.174 e. The second kappa shape index (κ2) is 8.42. The molecule has 1 aromatic carbocycles. The number of unbranched alkanes of at least 4 members (excludes halogenated alkanes) is 5. The molecular weight excluding hydrogens is 284 g/mol. The summed E-state index contributed by atoms with van der Waals surface area (Å²) in [5, 5.41) is 0. The third-order valence-corrected chi connectivity index (χ3v) is 5.17. The van der Waals surface area contributed by atoms with E-state index in [2.05, 4.69) is 20.8 Å². The SMILES string of the molecule is CCCCCCCCC(C)C1C(=O)c2ccc(CC)cc2C1=O. The largest absolute Gasteiger partial charge is 0.293 e. The van der Waals surface area contributed by atoms with E-state index in [1.54, 1.807) is 0 Å². The van der Waals surface area contributed by atoms with Crippen LogP contribution in [-0.4, -0.2) is 11.6 Å². The van der Waals surface area contributed by atoms with Gasteiger partial charge in [-0.25, -0.2) is 0 Å². The Morgan fingerprint density at radius 2 is 1.57 bits per heavy atom. The third kappa shape index (κ3) is 4.10. The molecule has 0 heterocycles. The van der Waals surface area contributed by atoms with Crippen molar-refractivity contribution in [1.29, 1.82) is 0 Å². The molecule has 2 atom stereocenters.